The molecule has 9 amide bonds. The van der Waals surface area contributed by atoms with Crippen molar-refractivity contribution in [2.24, 2.45) is 11.8 Å². The quantitative estimate of drug-likeness (QED) is 0.0379. The first-order valence-corrected chi connectivity index (χ1v) is 22.8. The maximum atomic E-state index is 14.0. The number of hydrogen-bond acceptors (Lipinski definition) is 14. The van der Waals surface area contributed by atoms with Crippen LogP contribution in [0.5, 0.6) is 0 Å². The first kappa shape index (κ1) is 61.6. The number of carbonyl (C=O) groups is 12. The number of alkyl halides is 4. The van der Waals surface area contributed by atoms with E-state index in [1.165, 1.54) is 25.7 Å². The van der Waals surface area contributed by atoms with Crippen LogP contribution in [0.25, 0.3) is 0 Å². The first-order valence-electron chi connectivity index (χ1n) is 21.2. The molecule has 390 valence electrons. The zero-order chi connectivity index (χ0) is 53.2. The molecule has 1 aliphatic heterocycles. The van der Waals surface area contributed by atoms with Crippen LogP contribution in [0.1, 0.15) is 87.0 Å². The van der Waals surface area contributed by atoms with Crippen LogP contribution in [0, 0.1) is 11.8 Å². The van der Waals surface area contributed by atoms with Gasteiger partial charge in [0, 0.05) is 26.4 Å². The lowest BCUT2D eigenvalue weighted by Crippen LogP contribution is -2.62. The summed E-state index contributed by atoms with van der Waals surface area (Å²) < 4.78 is 2.68. The number of nitrogens with one attached hydrogen (secondary N) is 7. The minimum atomic E-state index is -2.21. The molecule has 1 aliphatic rings. The maximum absolute atomic E-state index is 14.0. The van der Waals surface area contributed by atoms with Crippen molar-refractivity contribution < 1.29 is 82.7 Å². The number of aliphatic carboxylic acids is 3. The highest BCUT2D eigenvalue weighted by Gasteiger charge is 2.42. The van der Waals surface area contributed by atoms with Crippen molar-refractivity contribution in [3.05, 3.63) is 0 Å². The van der Waals surface area contributed by atoms with Crippen LogP contribution in [-0.2, 0) is 57.5 Å². The van der Waals surface area contributed by atoms with E-state index in [-0.39, 0.29) is 19.5 Å². The molecule has 1 rings (SSSR count). The molecule has 0 aliphatic carbocycles. The van der Waals surface area contributed by atoms with E-state index in [4.69, 9.17) is 51.1 Å². The van der Waals surface area contributed by atoms with E-state index < -0.39 is 167 Å². The summed E-state index contributed by atoms with van der Waals surface area (Å²) in [7, 11) is 0. The second-order valence-electron chi connectivity index (χ2n) is 16.3. The average Bonchev–Trinajstić information content (AvgIpc) is 3.72. The molecule has 1 fully saturated rings. The zero-order valence-corrected chi connectivity index (χ0v) is 41.5. The van der Waals surface area contributed by atoms with Gasteiger partial charge >= 0.3 is 24.0 Å². The maximum Gasteiger partial charge on any atom is 0.430 e. The molecule has 69 heavy (non-hydrogen) atoms. The third kappa shape index (κ3) is 20.6. The molecule has 1 heterocycles. The summed E-state index contributed by atoms with van der Waals surface area (Å²) in [5.74, 6) is -14.5. The summed E-state index contributed by atoms with van der Waals surface area (Å²) in [5, 5.41) is 52.6. The number of ether oxygens (including phenoxy) is 1. The molecule has 0 spiro atoms. The van der Waals surface area contributed by atoms with E-state index in [9.17, 15) is 78.0 Å². The fourth-order valence-corrected chi connectivity index (χ4v) is 6.66. The van der Waals surface area contributed by atoms with Crippen molar-refractivity contribution in [3.63, 3.8) is 0 Å². The van der Waals surface area contributed by atoms with E-state index in [1.807, 2.05) is 0 Å². The van der Waals surface area contributed by atoms with Gasteiger partial charge in [-0.3, -0.25) is 58.2 Å². The Labute approximate surface area is 415 Å². The lowest BCUT2D eigenvalue weighted by atomic mass is 9.98. The molecular formula is C39H59Cl4N9O17. The molecule has 26 nitrogen and oxygen atoms in total. The molecule has 9 atom stereocenters. The Morgan fingerprint density at radius 2 is 1.14 bits per heavy atom. The van der Waals surface area contributed by atoms with E-state index in [1.54, 1.807) is 13.8 Å². The van der Waals surface area contributed by atoms with Crippen LogP contribution in [0.4, 0.5) is 4.79 Å². The van der Waals surface area contributed by atoms with Gasteiger partial charge in [0.05, 0.1) is 18.9 Å². The van der Waals surface area contributed by atoms with Gasteiger partial charge in [-0.2, -0.15) is 0 Å². The van der Waals surface area contributed by atoms with Gasteiger partial charge in [0.25, 0.3) is 5.91 Å². The summed E-state index contributed by atoms with van der Waals surface area (Å²) in [6, 6.07) is -11.5. The van der Waals surface area contributed by atoms with Gasteiger partial charge in [0.1, 0.15) is 42.3 Å². The van der Waals surface area contributed by atoms with Gasteiger partial charge in [0.2, 0.25) is 50.7 Å². The van der Waals surface area contributed by atoms with Crippen LogP contribution in [0.3, 0.4) is 0 Å². The molecule has 30 heteroatoms. The number of likely N-dealkylation sites (tertiary alicyclic amines) is 1. The van der Waals surface area contributed by atoms with Gasteiger partial charge in [-0.15, -0.1) is 0 Å². The summed E-state index contributed by atoms with van der Waals surface area (Å²) in [4.78, 5) is 155. The monoisotopic (exact) mass is 1070 g/mol. The fraction of sp³-hybridized carbons (Fsp3) is 0.692. The van der Waals surface area contributed by atoms with Crippen LogP contribution in [-0.4, -0.2) is 172 Å². The Kier molecular flexibility index (Phi) is 25.2. The number of rotatable bonds is 25. The Morgan fingerprint density at radius 3 is 1.59 bits per heavy atom. The lowest BCUT2D eigenvalue weighted by Gasteiger charge is -2.33. The molecule has 0 aromatic heterocycles. The molecule has 0 radical (unpaired) electrons. The highest BCUT2D eigenvalue weighted by Crippen LogP contribution is 2.34. The minimum absolute atomic E-state index is 0.0542. The summed E-state index contributed by atoms with van der Waals surface area (Å²) in [5.41, 5.74) is 0.602. The Bertz CT molecular complexity index is 1910. The highest BCUT2D eigenvalue weighted by molar-refractivity contribution is 6.70. The van der Waals surface area contributed by atoms with Crippen LogP contribution in [0.15, 0.2) is 0 Å². The van der Waals surface area contributed by atoms with Crippen molar-refractivity contribution in [1.82, 2.24) is 47.2 Å². The van der Waals surface area contributed by atoms with Crippen molar-refractivity contribution in [2.45, 2.75) is 145 Å². The largest absolute Gasteiger partial charge is 0.481 e. The number of hydrazine groups is 1. The first-order chi connectivity index (χ1) is 31.8. The van der Waals surface area contributed by atoms with E-state index in [2.05, 4.69) is 37.3 Å². The van der Waals surface area contributed by atoms with Gasteiger partial charge < -0.3 is 62.0 Å². The standard InChI is InChI=1S/C39H59Cl4N9O17/c1-8-52(38(68)69-37(40)39(41,42)43)50-33(64)23-10-9-13-51(23)36(67)28(17(4)5)48-34(65)27(16(2)3)47-32(63)22(15-26(59)60)46-30(61)20(11-12-24(55)56)45-35(66)29(18(6)53)49-31(62)21(14-25(57)58)44-19(7)54/h16-18,20-23,27-29,37,53H,8-15H2,1-7H3,(H,44,54)(H,45,66)(H,46,61)(H,47,63)(H,48,65)(H,49,62)(H,50,64)(H,55,56)(H,57,58)(H,59,60)/t18-,20+,21+,22+,23+,27+,28+,29+,37?/m1/s1. The van der Waals surface area contributed by atoms with E-state index in [0.717, 1.165) is 18.9 Å². The van der Waals surface area contributed by atoms with Crippen LogP contribution >= 0.6 is 46.4 Å². The Balaban J connectivity index is 3.34. The third-order valence-corrected chi connectivity index (χ3v) is 11.3. The average molecular weight is 1070 g/mol. The topological polar surface area (TPSA) is 386 Å². The normalized spacial score (nSPS) is 17.0. The molecule has 0 saturated carbocycles. The number of hydrogen-bond donors (Lipinski definition) is 11. The smallest absolute Gasteiger partial charge is 0.430 e. The Morgan fingerprint density at radius 1 is 0.681 bits per heavy atom. The number of carboxylic acids is 3. The van der Waals surface area contributed by atoms with Crippen molar-refractivity contribution >= 4 is 118 Å². The van der Waals surface area contributed by atoms with Crippen molar-refractivity contribution in [3.8, 4) is 0 Å². The summed E-state index contributed by atoms with van der Waals surface area (Å²) >= 11 is 22.8. The molecule has 0 aromatic rings. The highest BCUT2D eigenvalue weighted by atomic mass is 35.6. The predicted molar refractivity (Wildman–Crippen MR) is 242 cm³/mol. The van der Waals surface area contributed by atoms with Gasteiger partial charge in [-0.05, 0) is 44.9 Å². The van der Waals surface area contributed by atoms with E-state index >= 15 is 0 Å². The molecule has 0 bridgehead atoms. The lowest BCUT2D eigenvalue weighted by molar-refractivity contribution is -0.144. The minimum Gasteiger partial charge on any atom is -0.481 e. The number of aliphatic hydroxyl groups excluding tert-OH is 1. The van der Waals surface area contributed by atoms with Crippen molar-refractivity contribution in [1.29, 1.82) is 0 Å². The second-order valence-corrected chi connectivity index (χ2v) is 19.1. The summed E-state index contributed by atoms with van der Waals surface area (Å²) in [6.07, 6.45) is -6.00. The van der Waals surface area contributed by atoms with Gasteiger partial charge in [0.15, 0.2) is 0 Å². The third-order valence-electron chi connectivity index (χ3n) is 9.99. The second kappa shape index (κ2) is 28.3. The van der Waals surface area contributed by atoms with Crippen LogP contribution < -0.4 is 37.3 Å². The van der Waals surface area contributed by atoms with Gasteiger partial charge in [-0.25, -0.2) is 9.80 Å². The number of carboxylic acid groups (broad SMARTS) is 3. The number of carbonyl (C=O) groups excluding carboxylic acids is 9. The van der Waals surface area contributed by atoms with Crippen molar-refractivity contribution in [2.75, 3.05) is 13.1 Å². The number of aliphatic hydroxyl groups is 1. The number of halogens is 4. The van der Waals surface area contributed by atoms with E-state index in [0.29, 0.717) is 6.42 Å². The zero-order valence-electron chi connectivity index (χ0n) is 38.5. The fourth-order valence-electron chi connectivity index (χ4n) is 6.45. The number of amides is 9. The molecule has 0 aromatic carbocycles. The Hall–Kier alpha value is -5.44. The van der Waals surface area contributed by atoms with Gasteiger partial charge in [-0.1, -0.05) is 74.1 Å². The molecule has 11 N–H and O–H groups in total. The molecule has 1 unspecified atom stereocenters. The SMILES string of the molecule is CCN(NC(=O)[C@@H]1CCCN1C(=O)[C@@H](NC(=O)[C@@H](NC(=O)[C@H](CC(=O)O)NC(=O)[C@H](CCC(=O)O)NC(=O)[C@@H](NC(=O)[C@H](CC(=O)O)NC(C)=O)[C@@H](C)O)C(C)C)C(C)C)C(=O)OC(Cl)C(Cl)(Cl)Cl. The predicted octanol–water partition coefficient (Wildman–Crippen LogP) is -1.16. The summed E-state index contributed by atoms with van der Waals surface area (Å²) in [6.45, 7) is 9.52. The van der Waals surface area contributed by atoms with Crippen LogP contribution in [0.2, 0.25) is 0 Å². The molecular weight excluding hydrogens is 1010 g/mol. The number of nitrogens with zero attached hydrogens (tertiary/aromatic N) is 2. The molecule has 1 saturated heterocycles.